The number of pyridine rings is 1. The van der Waals surface area contributed by atoms with Crippen molar-refractivity contribution in [3.63, 3.8) is 0 Å². The van der Waals surface area contributed by atoms with Crippen molar-refractivity contribution in [1.29, 1.82) is 0 Å². The van der Waals surface area contributed by atoms with E-state index in [1.807, 2.05) is 0 Å². The van der Waals surface area contributed by atoms with E-state index < -0.39 is 32.4 Å². The van der Waals surface area contributed by atoms with Gasteiger partial charge in [0.1, 0.15) is 5.75 Å². The predicted octanol–water partition coefficient (Wildman–Crippen LogP) is 0.910. The van der Waals surface area contributed by atoms with Gasteiger partial charge in [0, 0.05) is 23.4 Å². The first-order valence-electron chi connectivity index (χ1n) is 7.15. The zero-order chi connectivity index (χ0) is 18.1. The zero-order valence-corrected chi connectivity index (χ0v) is 13.8. The lowest BCUT2D eigenvalue weighted by Gasteiger charge is -2.13. The van der Waals surface area contributed by atoms with Gasteiger partial charge < -0.3 is 25.7 Å². The number of nitrogens with two attached hydrogens (primary N) is 1. The molecule has 0 aliphatic heterocycles. The van der Waals surface area contributed by atoms with Crippen LogP contribution in [0.1, 0.15) is 29.7 Å². The lowest BCUT2D eigenvalue weighted by atomic mass is 10.0. The van der Waals surface area contributed by atoms with Crippen LogP contribution in [0, 0.1) is 12.8 Å². The molecule has 1 aliphatic rings. The minimum absolute atomic E-state index is 0.166. The number of carbonyl (C=O) groups is 1. The monoisotopic (exact) mass is 358 g/mol. The normalized spacial score (nSPS) is 22.9. The number of nitrogens with zero attached hydrogens (tertiary/aromatic N) is 1. The Bertz CT molecular complexity index is 728. The van der Waals surface area contributed by atoms with Crippen LogP contribution in [0.15, 0.2) is 11.8 Å². The molecule has 2 atom stereocenters. The van der Waals surface area contributed by atoms with E-state index >= 15 is 0 Å². The molecule has 1 fully saturated rings. The third-order valence-corrected chi connectivity index (χ3v) is 4.39. The summed E-state index contributed by atoms with van der Waals surface area (Å²) in [5.74, 6) is -1.69. The van der Waals surface area contributed by atoms with E-state index in [-0.39, 0.29) is 23.3 Å². The fraction of sp³-hybridized carbons (Fsp3) is 0.429. The number of carboxylic acid groups (broad SMARTS) is 1. The Hall–Kier alpha value is -1.77. The second kappa shape index (κ2) is 7.00. The highest BCUT2D eigenvalue weighted by atomic mass is 31.2. The van der Waals surface area contributed by atoms with E-state index in [9.17, 15) is 14.5 Å². The Balaban J connectivity index is 2.38. The summed E-state index contributed by atoms with van der Waals surface area (Å²) in [6, 6.07) is -0.463. The van der Waals surface area contributed by atoms with Crippen molar-refractivity contribution in [3.8, 4) is 5.75 Å². The molecule has 0 amide bonds. The Labute approximate surface area is 138 Å². The van der Waals surface area contributed by atoms with Crippen molar-refractivity contribution >= 4 is 19.9 Å². The fourth-order valence-electron chi connectivity index (χ4n) is 2.60. The van der Waals surface area contributed by atoms with Gasteiger partial charge in [0.25, 0.3) is 0 Å². The van der Waals surface area contributed by atoms with Gasteiger partial charge in [-0.2, -0.15) is 0 Å². The first-order valence-corrected chi connectivity index (χ1v) is 8.68. The number of aromatic nitrogens is 1. The van der Waals surface area contributed by atoms with Crippen molar-refractivity contribution in [3.05, 3.63) is 28.6 Å². The summed E-state index contributed by atoms with van der Waals surface area (Å²) in [4.78, 5) is 32.7. The minimum atomic E-state index is -4.68. The standard InChI is InChI=1S/C14H19N2O7P/c1-7-13(17)11(10(5-16-7)6-23-24(20,21)22)3-8-2-9(14(18)19)4-12(8)15/h3,5,9,12,17H,2,4,6,15H2,1H3,(H,18,19)(H2,20,21,22)/b8-3+. The molecule has 0 aromatic carbocycles. The Morgan fingerprint density at radius 3 is 2.75 bits per heavy atom. The van der Waals surface area contributed by atoms with Crippen molar-refractivity contribution in [2.75, 3.05) is 0 Å². The van der Waals surface area contributed by atoms with E-state index in [0.29, 0.717) is 17.7 Å². The molecule has 6 N–H and O–H groups in total. The first kappa shape index (κ1) is 18.6. The molecule has 1 heterocycles. The molecule has 0 spiro atoms. The summed E-state index contributed by atoms with van der Waals surface area (Å²) in [6.45, 7) is 1.11. The number of rotatable bonds is 5. The van der Waals surface area contributed by atoms with Crippen LogP contribution < -0.4 is 5.73 Å². The molecule has 2 unspecified atom stereocenters. The average molecular weight is 358 g/mol. The van der Waals surface area contributed by atoms with E-state index in [1.165, 1.54) is 6.20 Å². The molecule has 1 aromatic rings. The molecular weight excluding hydrogens is 339 g/mol. The molecular formula is C14H19N2O7P. The van der Waals surface area contributed by atoms with Gasteiger partial charge in [-0.05, 0) is 25.8 Å². The van der Waals surface area contributed by atoms with Gasteiger partial charge in [0.05, 0.1) is 18.2 Å². The fourth-order valence-corrected chi connectivity index (χ4v) is 2.91. The van der Waals surface area contributed by atoms with E-state index in [1.54, 1.807) is 13.0 Å². The van der Waals surface area contributed by atoms with E-state index in [0.717, 1.165) is 0 Å². The summed E-state index contributed by atoms with van der Waals surface area (Å²) in [5.41, 5.74) is 7.45. The SMILES string of the molecule is Cc1ncc(COP(=O)(O)O)c(/C=C2\CC(C(=O)O)CC2N)c1O. The number of aromatic hydroxyl groups is 1. The van der Waals surface area contributed by atoms with Crippen molar-refractivity contribution in [1.82, 2.24) is 4.98 Å². The largest absolute Gasteiger partial charge is 0.505 e. The van der Waals surface area contributed by atoms with Crippen LogP contribution in [-0.4, -0.2) is 37.0 Å². The Morgan fingerprint density at radius 1 is 1.54 bits per heavy atom. The number of phosphoric acid groups is 1. The van der Waals surface area contributed by atoms with Crippen LogP contribution in [0.3, 0.4) is 0 Å². The predicted molar refractivity (Wildman–Crippen MR) is 83.8 cm³/mol. The molecule has 2 rings (SSSR count). The smallest absolute Gasteiger partial charge is 0.469 e. The van der Waals surface area contributed by atoms with Crippen molar-refractivity contribution < 1.29 is 33.9 Å². The first-order chi connectivity index (χ1) is 11.1. The quantitative estimate of drug-likeness (QED) is 0.481. The Morgan fingerprint density at radius 2 is 2.21 bits per heavy atom. The van der Waals surface area contributed by atoms with Crippen molar-refractivity contribution in [2.24, 2.45) is 11.7 Å². The van der Waals surface area contributed by atoms with Gasteiger partial charge >= 0.3 is 13.8 Å². The summed E-state index contributed by atoms with van der Waals surface area (Å²) in [5, 5.41) is 19.3. The summed E-state index contributed by atoms with van der Waals surface area (Å²) < 4.78 is 15.3. The number of phosphoric ester groups is 1. The number of carboxylic acids is 1. The molecule has 0 saturated heterocycles. The maximum Gasteiger partial charge on any atom is 0.469 e. The van der Waals surface area contributed by atoms with Gasteiger partial charge in [-0.25, -0.2) is 4.57 Å². The molecule has 24 heavy (non-hydrogen) atoms. The van der Waals surface area contributed by atoms with Crippen LogP contribution in [-0.2, 0) is 20.5 Å². The van der Waals surface area contributed by atoms with Crippen LogP contribution in [0.4, 0.5) is 0 Å². The minimum Gasteiger partial charge on any atom is -0.505 e. The molecule has 1 aliphatic carbocycles. The third kappa shape index (κ3) is 4.40. The Kier molecular flexibility index (Phi) is 5.42. The highest BCUT2D eigenvalue weighted by Crippen LogP contribution is 2.39. The van der Waals surface area contributed by atoms with Gasteiger partial charge in [0.2, 0.25) is 0 Å². The van der Waals surface area contributed by atoms with Crippen molar-refractivity contribution in [2.45, 2.75) is 32.4 Å². The van der Waals surface area contributed by atoms with E-state index in [4.69, 9.17) is 20.6 Å². The van der Waals surface area contributed by atoms with Gasteiger partial charge in [-0.15, -0.1) is 0 Å². The number of aliphatic carboxylic acids is 1. The molecule has 1 saturated carbocycles. The lowest BCUT2D eigenvalue weighted by Crippen LogP contribution is -2.19. The maximum atomic E-state index is 11.1. The second-order valence-electron chi connectivity index (χ2n) is 5.70. The molecule has 0 bridgehead atoms. The number of hydrogen-bond acceptors (Lipinski definition) is 6. The second-order valence-corrected chi connectivity index (χ2v) is 6.94. The maximum absolute atomic E-state index is 11.1. The van der Waals surface area contributed by atoms with Crippen LogP contribution in [0.5, 0.6) is 5.75 Å². The molecule has 1 aromatic heterocycles. The van der Waals surface area contributed by atoms with Crippen LogP contribution in [0.2, 0.25) is 0 Å². The highest BCUT2D eigenvalue weighted by Gasteiger charge is 2.32. The summed E-state index contributed by atoms with van der Waals surface area (Å²) >= 11 is 0. The van der Waals surface area contributed by atoms with E-state index in [2.05, 4.69) is 9.51 Å². The number of hydrogen-bond donors (Lipinski definition) is 5. The van der Waals surface area contributed by atoms with Crippen LogP contribution >= 0.6 is 7.82 Å². The molecule has 9 nitrogen and oxygen atoms in total. The van der Waals surface area contributed by atoms with Crippen LogP contribution in [0.25, 0.3) is 6.08 Å². The average Bonchev–Trinajstić information content (AvgIpc) is 2.83. The molecule has 10 heteroatoms. The lowest BCUT2D eigenvalue weighted by molar-refractivity contribution is -0.141. The number of aryl methyl sites for hydroxylation is 1. The van der Waals surface area contributed by atoms with Gasteiger partial charge in [0.15, 0.2) is 0 Å². The molecule has 0 radical (unpaired) electrons. The highest BCUT2D eigenvalue weighted by molar-refractivity contribution is 7.46. The van der Waals surface area contributed by atoms with Gasteiger partial charge in [-0.3, -0.25) is 14.3 Å². The topological polar surface area (TPSA) is 163 Å². The third-order valence-electron chi connectivity index (χ3n) is 3.92. The zero-order valence-electron chi connectivity index (χ0n) is 12.9. The van der Waals surface area contributed by atoms with Gasteiger partial charge in [-0.1, -0.05) is 5.57 Å². The molecule has 132 valence electrons. The summed E-state index contributed by atoms with van der Waals surface area (Å²) in [7, 11) is -4.68. The summed E-state index contributed by atoms with van der Waals surface area (Å²) in [6.07, 6.45) is 3.43.